The summed E-state index contributed by atoms with van der Waals surface area (Å²) in [6.07, 6.45) is 5.97. The highest BCUT2D eigenvalue weighted by atomic mass is 32.1. The normalized spacial score (nSPS) is 16.8. The third kappa shape index (κ3) is 3.36. The second-order valence-electron chi connectivity index (χ2n) is 6.53. The van der Waals surface area contributed by atoms with Crippen LogP contribution >= 0.6 is 11.3 Å². The molecule has 0 aliphatic carbocycles. The molecule has 2 aromatic heterocycles. The Balaban J connectivity index is 1.64. The molecule has 0 saturated carbocycles. The number of nitrogens with zero attached hydrogens (tertiary/aromatic N) is 3. The van der Waals surface area contributed by atoms with Crippen LogP contribution in [0.25, 0.3) is 0 Å². The number of hydrogen-bond acceptors (Lipinski definition) is 5. The zero-order chi connectivity index (χ0) is 19.5. The molecular formula is C21H19N3O3S. The van der Waals surface area contributed by atoms with Gasteiger partial charge in [0.2, 0.25) is 5.78 Å². The van der Waals surface area contributed by atoms with Crippen LogP contribution in [0.15, 0.2) is 77.9 Å². The number of aliphatic hydroxyl groups is 1. The van der Waals surface area contributed by atoms with Crippen LogP contribution in [-0.2, 0) is 11.3 Å². The fourth-order valence-corrected chi connectivity index (χ4v) is 4.16. The Bertz CT molecular complexity index is 995. The van der Waals surface area contributed by atoms with Gasteiger partial charge in [0.1, 0.15) is 0 Å². The second-order valence-corrected chi connectivity index (χ2v) is 7.48. The van der Waals surface area contributed by atoms with E-state index in [9.17, 15) is 14.7 Å². The van der Waals surface area contributed by atoms with Crippen LogP contribution in [0, 0.1) is 0 Å². The van der Waals surface area contributed by atoms with E-state index in [2.05, 4.69) is 4.98 Å². The lowest BCUT2D eigenvalue weighted by Gasteiger charge is -2.26. The highest BCUT2D eigenvalue weighted by Crippen LogP contribution is 2.39. The number of ketones is 1. The average Bonchev–Trinajstić information content (AvgIpc) is 3.46. The Labute approximate surface area is 166 Å². The van der Waals surface area contributed by atoms with Gasteiger partial charge in [0.15, 0.2) is 5.76 Å². The number of Topliss-reactive ketones (excluding diaryl/α,β-unsaturated/α-hetero) is 1. The summed E-state index contributed by atoms with van der Waals surface area (Å²) < 4.78 is 1.93. The Morgan fingerprint density at radius 1 is 1.14 bits per heavy atom. The van der Waals surface area contributed by atoms with Crippen molar-refractivity contribution in [3.8, 4) is 0 Å². The van der Waals surface area contributed by atoms with Crippen LogP contribution < -0.4 is 0 Å². The van der Waals surface area contributed by atoms with Crippen LogP contribution in [0.1, 0.15) is 27.7 Å². The van der Waals surface area contributed by atoms with E-state index in [4.69, 9.17) is 0 Å². The second kappa shape index (κ2) is 7.82. The Hall–Kier alpha value is -3.19. The maximum absolute atomic E-state index is 13.1. The summed E-state index contributed by atoms with van der Waals surface area (Å²) in [6.45, 7) is 1.11. The van der Waals surface area contributed by atoms with Gasteiger partial charge in [0.05, 0.1) is 22.8 Å². The molecule has 3 heterocycles. The van der Waals surface area contributed by atoms with E-state index in [1.54, 1.807) is 29.6 Å². The number of thiophene rings is 1. The molecule has 142 valence electrons. The van der Waals surface area contributed by atoms with Gasteiger partial charge in [0.25, 0.3) is 5.91 Å². The first-order valence-corrected chi connectivity index (χ1v) is 9.88. The minimum Gasteiger partial charge on any atom is -0.503 e. The standard InChI is InChI=1S/C21H19N3O3S/c25-19(16-8-4-13-28-16)17-18(15-6-2-1-3-7-15)24(21(27)20(17)26)11-5-10-23-12-9-22-14-23/h1-4,6-9,12-14,18,26H,5,10-11H2/t18-/m1/s1. The maximum Gasteiger partial charge on any atom is 0.290 e. The molecule has 0 radical (unpaired) electrons. The smallest absolute Gasteiger partial charge is 0.290 e. The molecule has 0 saturated heterocycles. The summed E-state index contributed by atoms with van der Waals surface area (Å²) in [5.41, 5.74) is 0.962. The zero-order valence-electron chi connectivity index (χ0n) is 15.1. The van der Waals surface area contributed by atoms with Crippen molar-refractivity contribution in [2.45, 2.75) is 19.0 Å². The van der Waals surface area contributed by atoms with Gasteiger partial charge in [-0.05, 0) is 23.4 Å². The van der Waals surface area contributed by atoms with E-state index < -0.39 is 17.7 Å². The molecule has 0 bridgehead atoms. The molecular weight excluding hydrogens is 374 g/mol. The number of aromatic nitrogens is 2. The van der Waals surface area contributed by atoms with Crippen LogP contribution in [0.4, 0.5) is 0 Å². The van der Waals surface area contributed by atoms with Crippen molar-refractivity contribution in [1.82, 2.24) is 14.5 Å². The van der Waals surface area contributed by atoms with Crippen molar-refractivity contribution in [1.29, 1.82) is 0 Å². The summed E-state index contributed by atoms with van der Waals surface area (Å²) in [6, 6.07) is 12.3. The third-order valence-electron chi connectivity index (χ3n) is 4.78. The Morgan fingerprint density at radius 3 is 2.64 bits per heavy atom. The highest BCUT2D eigenvalue weighted by Gasteiger charge is 2.43. The topological polar surface area (TPSA) is 75.4 Å². The summed E-state index contributed by atoms with van der Waals surface area (Å²) in [4.78, 5) is 32.0. The van der Waals surface area contributed by atoms with E-state index in [0.717, 1.165) is 5.56 Å². The molecule has 1 N–H and O–H groups in total. The molecule has 7 heteroatoms. The maximum atomic E-state index is 13.1. The van der Waals surface area contributed by atoms with Gasteiger partial charge in [-0.3, -0.25) is 9.59 Å². The third-order valence-corrected chi connectivity index (χ3v) is 5.65. The van der Waals surface area contributed by atoms with Crippen molar-refractivity contribution >= 4 is 23.0 Å². The van der Waals surface area contributed by atoms with E-state index in [1.807, 2.05) is 46.5 Å². The van der Waals surface area contributed by atoms with Crippen molar-refractivity contribution in [2.75, 3.05) is 6.54 Å². The summed E-state index contributed by atoms with van der Waals surface area (Å²) >= 11 is 1.30. The molecule has 1 amide bonds. The number of rotatable bonds is 7. The summed E-state index contributed by atoms with van der Waals surface area (Å²) in [5.74, 6) is -1.25. The van der Waals surface area contributed by atoms with Gasteiger partial charge in [-0.1, -0.05) is 36.4 Å². The number of imidazole rings is 1. The zero-order valence-corrected chi connectivity index (χ0v) is 15.9. The van der Waals surface area contributed by atoms with Gasteiger partial charge in [-0.2, -0.15) is 0 Å². The molecule has 1 aliphatic rings. The van der Waals surface area contributed by atoms with Crippen LogP contribution in [0.5, 0.6) is 0 Å². The number of carbonyl (C=O) groups excluding carboxylic acids is 2. The monoisotopic (exact) mass is 393 g/mol. The van der Waals surface area contributed by atoms with Crippen molar-refractivity contribution in [3.05, 3.63) is 88.3 Å². The van der Waals surface area contributed by atoms with Gasteiger partial charge < -0.3 is 14.6 Å². The number of carbonyl (C=O) groups is 2. The molecule has 6 nitrogen and oxygen atoms in total. The molecule has 0 fully saturated rings. The number of amides is 1. The Kier molecular flexibility index (Phi) is 5.08. The highest BCUT2D eigenvalue weighted by molar-refractivity contribution is 7.12. The largest absolute Gasteiger partial charge is 0.503 e. The van der Waals surface area contributed by atoms with Crippen molar-refractivity contribution < 1.29 is 14.7 Å². The lowest BCUT2D eigenvalue weighted by molar-refractivity contribution is -0.129. The molecule has 1 atom stereocenters. The van der Waals surface area contributed by atoms with Crippen molar-refractivity contribution in [2.24, 2.45) is 0 Å². The number of aryl methyl sites for hydroxylation is 1. The number of benzene rings is 1. The van der Waals surface area contributed by atoms with E-state index in [0.29, 0.717) is 24.4 Å². The Morgan fingerprint density at radius 2 is 1.96 bits per heavy atom. The van der Waals surface area contributed by atoms with Gasteiger partial charge in [0, 0.05) is 25.5 Å². The SMILES string of the molecule is O=C(C1=C(O)C(=O)N(CCCn2ccnc2)[C@@H]1c1ccccc1)c1cccs1. The molecule has 1 aromatic carbocycles. The molecule has 3 aromatic rings. The fraction of sp³-hybridized carbons (Fsp3) is 0.190. The summed E-state index contributed by atoms with van der Waals surface area (Å²) in [5, 5.41) is 12.4. The molecule has 1 aliphatic heterocycles. The van der Waals surface area contributed by atoms with Crippen LogP contribution in [-0.4, -0.2) is 37.8 Å². The minimum atomic E-state index is -0.592. The molecule has 28 heavy (non-hydrogen) atoms. The average molecular weight is 393 g/mol. The lowest BCUT2D eigenvalue weighted by atomic mass is 9.95. The van der Waals surface area contributed by atoms with Gasteiger partial charge in [-0.25, -0.2) is 4.98 Å². The van der Waals surface area contributed by atoms with E-state index in [-0.39, 0.29) is 11.4 Å². The quantitative estimate of drug-likeness (QED) is 0.622. The van der Waals surface area contributed by atoms with Crippen LogP contribution in [0.3, 0.4) is 0 Å². The molecule has 0 spiro atoms. The van der Waals surface area contributed by atoms with Gasteiger partial charge in [-0.15, -0.1) is 11.3 Å². The first-order valence-electron chi connectivity index (χ1n) is 9.00. The summed E-state index contributed by atoms with van der Waals surface area (Å²) in [7, 11) is 0. The first-order chi connectivity index (χ1) is 13.7. The minimum absolute atomic E-state index is 0.154. The van der Waals surface area contributed by atoms with E-state index >= 15 is 0 Å². The predicted octanol–water partition coefficient (Wildman–Crippen LogP) is 3.61. The van der Waals surface area contributed by atoms with Crippen LogP contribution in [0.2, 0.25) is 0 Å². The molecule has 0 unspecified atom stereocenters. The van der Waals surface area contributed by atoms with Crippen molar-refractivity contribution in [3.63, 3.8) is 0 Å². The molecule has 4 rings (SSSR count). The lowest BCUT2D eigenvalue weighted by Crippen LogP contribution is -2.32. The van der Waals surface area contributed by atoms with Gasteiger partial charge >= 0.3 is 0 Å². The van der Waals surface area contributed by atoms with E-state index in [1.165, 1.54) is 11.3 Å². The fourth-order valence-electron chi connectivity index (χ4n) is 3.48. The number of hydrogen-bond donors (Lipinski definition) is 1. The predicted molar refractivity (Wildman–Crippen MR) is 106 cm³/mol. The number of aliphatic hydroxyl groups excluding tert-OH is 1. The first kappa shape index (κ1) is 18.2.